The van der Waals surface area contributed by atoms with Crippen LogP contribution < -0.4 is 5.32 Å². The normalized spacial score (nSPS) is 10.7. The number of H-pyrrole nitrogens is 1. The van der Waals surface area contributed by atoms with Gasteiger partial charge in [0.25, 0.3) is 5.91 Å². The second-order valence-corrected chi connectivity index (χ2v) is 4.30. The van der Waals surface area contributed by atoms with Crippen LogP contribution in [0.15, 0.2) is 49.2 Å². The number of amides is 1. The molecule has 0 bridgehead atoms. The van der Waals surface area contributed by atoms with Crippen molar-refractivity contribution in [2.45, 2.75) is 6.54 Å². The summed E-state index contributed by atoms with van der Waals surface area (Å²) >= 11 is 0. The van der Waals surface area contributed by atoms with Gasteiger partial charge in [-0.25, -0.2) is 4.98 Å². The molecule has 5 heteroatoms. The lowest BCUT2D eigenvalue weighted by Crippen LogP contribution is -2.27. The number of hydrogen-bond donors (Lipinski definition) is 2. The summed E-state index contributed by atoms with van der Waals surface area (Å²) in [5, 5.41) is 3.86. The number of fused-ring (bicyclic) bond motifs is 1. The molecule has 0 aliphatic carbocycles. The first-order valence-corrected chi connectivity index (χ1v) is 6.14. The molecule has 0 spiro atoms. The predicted molar refractivity (Wildman–Crippen MR) is 72.9 cm³/mol. The Hall–Kier alpha value is -2.56. The van der Waals surface area contributed by atoms with E-state index in [1.165, 1.54) is 0 Å². The van der Waals surface area contributed by atoms with E-state index in [1.54, 1.807) is 12.5 Å². The number of benzene rings is 1. The highest BCUT2D eigenvalue weighted by Gasteiger charge is 2.09. The molecule has 1 amide bonds. The van der Waals surface area contributed by atoms with Gasteiger partial charge in [0.15, 0.2) is 0 Å². The summed E-state index contributed by atoms with van der Waals surface area (Å²) < 4.78 is 1.93. The van der Waals surface area contributed by atoms with Gasteiger partial charge in [-0.05, 0) is 18.2 Å². The van der Waals surface area contributed by atoms with Crippen molar-refractivity contribution >= 4 is 16.8 Å². The van der Waals surface area contributed by atoms with E-state index in [1.807, 2.05) is 41.2 Å². The Bertz CT molecular complexity index is 684. The smallest absolute Gasteiger partial charge is 0.252 e. The van der Waals surface area contributed by atoms with Gasteiger partial charge in [-0.3, -0.25) is 4.79 Å². The van der Waals surface area contributed by atoms with Gasteiger partial charge < -0.3 is 14.9 Å². The Kier molecular flexibility index (Phi) is 3.02. The third-order valence-corrected chi connectivity index (χ3v) is 3.05. The van der Waals surface area contributed by atoms with E-state index in [-0.39, 0.29) is 5.91 Å². The van der Waals surface area contributed by atoms with Crippen molar-refractivity contribution in [1.29, 1.82) is 0 Å². The molecule has 0 saturated carbocycles. The van der Waals surface area contributed by atoms with Crippen molar-refractivity contribution in [1.82, 2.24) is 19.9 Å². The summed E-state index contributed by atoms with van der Waals surface area (Å²) in [5.41, 5.74) is 1.67. The van der Waals surface area contributed by atoms with Gasteiger partial charge in [0.1, 0.15) is 0 Å². The lowest BCUT2D eigenvalue weighted by molar-refractivity contribution is 0.0954. The topological polar surface area (TPSA) is 62.7 Å². The van der Waals surface area contributed by atoms with Crippen LogP contribution >= 0.6 is 0 Å². The second-order valence-electron chi connectivity index (χ2n) is 4.30. The van der Waals surface area contributed by atoms with Gasteiger partial charge in [0.05, 0.1) is 6.33 Å². The molecule has 3 rings (SSSR count). The summed E-state index contributed by atoms with van der Waals surface area (Å²) in [6, 6.07) is 7.59. The summed E-state index contributed by atoms with van der Waals surface area (Å²) in [6.07, 6.45) is 7.17. The maximum absolute atomic E-state index is 12.1. The van der Waals surface area contributed by atoms with Crippen molar-refractivity contribution in [3.05, 3.63) is 54.7 Å². The van der Waals surface area contributed by atoms with E-state index in [0.29, 0.717) is 12.1 Å². The highest BCUT2D eigenvalue weighted by Crippen LogP contribution is 2.16. The van der Waals surface area contributed by atoms with Gasteiger partial charge in [0.2, 0.25) is 0 Å². The average Bonchev–Trinajstić information content (AvgIpc) is 3.08. The molecule has 19 heavy (non-hydrogen) atoms. The molecule has 0 aliphatic heterocycles. The lowest BCUT2D eigenvalue weighted by Gasteiger charge is -2.06. The number of imidazole rings is 1. The quantitative estimate of drug-likeness (QED) is 0.745. The number of rotatable bonds is 4. The monoisotopic (exact) mass is 254 g/mol. The van der Waals surface area contributed by atoms with Crippen molar-refractivity contribution in [2.24, 2.45) is 0 Å². The number of carbonyl (C=O) groups is 1. The van der Waals surface area contributed by atoms with Crippen molar-refractivity contribution in [3.8, 4) is 0 Å². The first-order valence-electron chi connectivity index (χ1n) is 6.14. The maximum Gasteiger partial charge on any atom is 0.252 e. The van der Waals surface area contributed by atoms with E-state index in [9.17, 15) is 4.79 Å². The number of carbonyl (C=O) groups excluding carboxylic acids is 1. The molecule has 5 nitrogen and oxygen atoms in total. The van der Waals surface area contributed by atoms with Crippen LogP contribution in [-0.4, -0.2) is 27.0 Å². The van der Waals surface area contributed by atoms with Crippen LogP contribution in [0.4, 0.5) is 0 Å². The highest BCUT2D eigenvalue weighted by atomic mass is 16.1. The predicted octanol–water partition coefficient (Wildman–Crippen LogP) is 1.79. The SMILES string of the molecule is O=C(NCCn1ccnc1)c1cccc2[nH]ccc12. The first kappa shape index (κ1) is 11.5. The summed E-state index contributed by atoms with van der Waals surface area (Å²) in [7, 11) is 0. The first-order chi connectivity index (χ1) is 9.34. The number of nitrogens with one attached hydrogen (secondary N) is 2. The number of aromatic amines is 1. The van der Waals surface area contributed by atoms with Crippen LogP contribution in [0.5, 0.6) is 0 Å². The molecule has 0 fully saturated rings. The van der Waals surface area contributed by atoms with Gasteiger partial charge in [-0.1, -0.05) is 6.07 Å². The summed E-state index contributed by atoms with van der Waals surface area (Å²) in [5.74, 6) is -0.0506. The molecule has 3 aromatic rings. The Morgan fingerprint density at radius 2 is 2.32 bits per heavy atom. The van der Waals surface area contributed by atoms with E-state index in [2.05, 4.69) is 15.3 Å². The fourth-order valence-corrected chi connectivity index (χ4v) is 2.10. The minimum Gasteiger partial charge on any atom is -0.361 e. The molecule has 0 saturated heterocycles. The Balaban J connectivity index is 1.68. The fourth-order valence-electron chi connectivity index (χ4n) is 2.10. The summed E-state index contributed by atoms with van der Waals surface area (Å²) in [4.78, 5) is 19.2. The molecular weight excluding hydrogens is 240 g/mol. The van der Waals surface area contributed by atoms with Crippen LogP contribution in [0.2, 0.25) is 0 Å². The zero-order chi connectivity index (χ0) is 13.1. The third-order valence-electron chi connectivity index (χ3n) is 3.05. The van der Waals surface area contributed by atoms with E-state index in [0.717, 1.165) is 17.4 Å². The van der Waals surface area contributed by atoms with E-state index < -0.39 is 0 Å². The van der Waals surface area contributed by atoms with Crippen LogP contribution in [0, 0.1) is 0 Å². The van der Waals surface area contributed by atoms with Gasteiger partial charge in [-0.2, -0.15) is 0 Å². The van der Waals surface area contributed by atoms with Crippen LogP contribution in [0.1, 0.15) is 10.4 Å². The Morgan fingerprint density at radius 3 is 3.16 bits per heavy atom. The molecule has 0 unspecified atom stereocenters. The fraction of sp³-hybridized carbons (Fsp3) is 0.143. The van der Waals surface area contributed by atoms with Crippen molar-refractivity contribution in [2.75, 3.05) is 6.54 Å². The minimum atomic E-state index is -0.0506. The van der Waals surface area contributed by atoms with Crippen LogP contribution in [0.3, 0.4) is 0 Å². The Morgan fingerprint density at radius 1 is 1.37 bits per heavy atom. The van der Waals surface area contributed by atoms with Crippen LogP contribution in [-0.2, 0) is 6.54 Å². The molecule has 2 heterocycles. The molecule has 96 valence electrons. The second kappa shape index (κ2) is 4.97. The number of hydrogen-bond acceptors (Lipinski definition) is 2. The van der Waals surface area contributed by atoms with Gasteiger partial charge in [-0.15, -0.1) is 0 Å². The van der Waals surface area contributed by atoms with Crippen molar-refractivity contribution in [3.63, 3.8) is 0 Å². The molecule has 0 atom stereocenters. The molecule has 2 aromatic heterocycles. The molecular formula is C14H14N4O. The van der Waals surface area contributed by atoms with Gasteiger partial charge >= 0.3 is 0 Å². The zero-order valence-corrected chi connectivity index (χ0v) is 10.3. The number of nitrogens with zero attached hydrogens (tertiary/aromatic N) is 2. The van der Waals surface area contributed by atoms with E-state index >= 15 is 0 Å². The largest absolute Gasteiger partial charge is 0.361 e. The standard InChI is InChI=1S/C14H14N4O/c19-14(17-7-9-18-8-6-15-10-18)12-2-1-3-13-11(12)4-5-16-13/h1-6,8,10,16H,7,9H2,(H,17,19). The highest BCUT2D eigenvalue weighted by molar-refractivity contribution is 6.06. The minimum absolute atomic E-state index is 0.0506. The zero-order valence-electron chi connectivity index (χ0n) is 10.3. The molecule has 2 N–H and O–H groups in total. The Labute approximate surface area is 110 Å². The molecule has 0 aliphatic rings. The summed E-state index contributed by atoms with van der Waals surface area (Å²) in [6.45, 7) is 1.30. The molecule has 0 radical (unpaired) electrons. The maximum atomic E-state index is 12.1. The average molecular weight is 254 g/mol. The third kappa shape index (κ3) is 2.35. The molecule has 1 aromatic carbocycles. The van der Waals surface area contributed by atoms with Crippen molar-refractivity contribution < 1.29 is 4.79 Å². The van der Waals surface area contributed by atoms with Gasteiger partial charge in [0, 0.05) is 48.1 Å². The van der Waals surface area contributed by atoms with E-state index in [4.69, 9.17) is 0 Å². The lowest BCUT2D eigenvalue weighted by atomic mass is 10.1. The number of aromatic nitrogens is 3. The van der Waals surface area contributed by atoms with Crippen LogP contribution in [0.25, 0.3) is 10.9 Å².